The second-order valence-electron chi connectivity index (χ2n) is 12.5. The first kappa shape index (κ1) is 25.8. The lowest BCUT2D eigenvalue weighted by Gasteiger charge is -2.37. The highest BCUT2D eigenvalue weighted by Crippen LogP contribution is 2.37. The van der Waals surface area contributed by atoms with Crippen LogP contribution in [0.5, 0.6) is 0 Å². The van der Waals surface area contributed by atoms with Crippen LogP contribution in [0.2, 0.25) is 0 Å². The summed E-state index contributed by atoms with van der Waals surface area (Å²) in [6.07, 6.45) is 13.7. The van der Waals surface area contributed by atoms with Crippen LogP contribution in [0.15, 0.2) is 30.6 Å². The third kappa shape index (κ3) is 5.19. The number of nitrogens with zero attached hydrogens (tertiary/aromatic N) is 5. The Kier molecular flexibility index (Phi) is 7.13. The van der Waals surface area contributed by atoms with Gasteiger partial charge in [0.15, 0.2) is 17.0 Å². The number of para-hydroxylation sites is 2. The normalized spacial score (nSPS) is 25.4. The second-order valence-corrected chi connectivity index (χ2v) is 12.5. The van der Waals surface area contributed by atoms with Gasteiger partial charge in [-0.1, -0.05) is 31.9 Å². The molecule has 0 amide bonds. The van der Waals surface area contributed by atoms with Crippen LogP contribution in [0.1, 0.15) is 77.2 Å². The minimum atomic E-state index is 0.283. The van der Waals surface area contributed by atoms with Gasteiger partial charge in [-0.3, -0.25) is 0 Å². The molecule has 2 aliphatic heterocycles. The molecule has 40 heavy (non-hydrogen) atoms. The number of imidazole rings is 1. The van der Waals surface area contributed by atoms with Crippen LogP contribution < -0.4 is 27.1 Å². The van der Waals surface area contributed by atoms with Gasteiger partial charge in [-0.2, -0.15) is 9.97 Å². The molecule has 3 aromatic rings. The average molecular weight is 545 g/mol. The Bertz CT molecular complexity index is 1280. The van der Waals surface area contributed by atoms with Crippen molar-refractivity contribution in [3.63, 3.8) is 0 Å². The van der Waals surface area contributed by atoms with E-state index in [4.69, 9.17) is 20.7 Å². The summed E-state index contributed by atoms with van der Waals surface area (Å²) in [4.78, 5) is 14.8. The molecule has 2 aliphatic carbocycles. The molecule has 10 nitrogen and oxygen atoms in total. The highest BCUT2D eigenvalue weighted by molar-refractivity contribution is 5.84. The number of fused-ring (bicyclic) bond motifs is 2. The van der Waals surface area contributed by atoms with Crippen LogP contribution in [-0.4, -0.2) is 55.9 Å². The van der Waals surface area contributed by atoms with E-state index in [-0.39, 0.29) is 6.17 Å². The van der Waals surface area contributed by atoms with Crippen molar-refractivity contribution in [1.82, 2.24) is 24.5 Å². The third-order valence-corrected chi connectivity index (χ3v) is 9.87. The van der Waals surface area contributed by atoms with Crippen molar-refractivity contribution >= 4 is 34.3 Å². The Labute approximate surface area is 236 Å². The fourth-order valence-corrected chi connectivity index (χ4v) is 7.28. The van der Waals surface area contributed by atoms with E-state index < -0.39 is 0 Å². The molecule has 10 heteroatoms. The highest BCUT2D eigenvalue weighted by atomic mass is 15.5. The Balaban J connectivity index is 1.05. The largest absolute Gasteiger partial charge is 0.363 e. The lowest BCUT2D eigenvalue weighted by molar-refractivity contribution is 0.170. The van der Waals surface area contributed by atoms with Gasteiger partial charge in [0.2, 0.25) is 5.95 Å². The zero-order valence-electron chi connectivity index (χ0n) is 23.6. The summed E-state index contributed by atoms with van der Waals surface area (Å²) < 4.78 is 2.30. The van der Waals surface area contributed by atoms with E-state index in [9.17, 15) is 0 Å². The van der Waals surface area contributed by atoms with Gasteiger partial charge in [-0.05, 0) is 75.3 Å². The Morgan fingerprint density at radius 3 is 2.33 bits per heavy atom. The van der Waals surface area contributed by atoms with E-state index in [0.29, 0.717) is 35.9 Å². The number of piperidine rings is 1. The van der Waals surface area contributed by atoms with Gasteiger partial charge in [0.1, 0.15) is 0 Å². The summed E-state index contributed by atoms with van der Waals surface area (Å²) in [7, 11) is 0. The summed E-state index contributed by atoms with van der Waals surface area (Å²) in [5, 5.41) is 13.4. The molecule has 6 N–H and O–H groups in total. The van der Waals surface area contributed by atoms with E-state index in [1.54, 1.807) is 0 Å². The fraction of sp³-hybridized carbons (Fsp3) is 0.633. The van der Waals surface area contributed by atoms with Gasteiger partial charge in [0.05, 0.1) is 23.9 Å². The van der Waals surface area contributed by atoms with Crippen molar-refractivity contribution in [3.05, 3.63) is 30.6 Å². The Hall–Kier alpha value is -3.11. The van der Waals surface area contributed by atoms with Crippen LogP contribution in [0.4, 0.5) is 23.1 Å². The van der Waals surface area contributed by atoms with Crippen molar-refractivity contribution in [1.29, 1.82) is 0 Å². The number of nitrogens with one attached hydrogen (secondary N) is 4. The molecule has 0 radical (unpaired) electrons. The predicted molar refractivity (Wildman–Crippen MR) is 161 cm³/mol. The first-order chi connectivity index (χ1) is 19.6. The van der Waals surface area contributed by atoms with E-state index in [2.05, 4.69) is 62.1 Å². The van der Waals surface area contributed by atoms with Gasteiger partial charge in [0.25, 0.3) is 0 Å². The molecule has 3 fully saturated rings. The number of rotatable bonds is 7. The summed E-state index contributed by atoms with van der Waals surface area (Å²) in [6, 6.07) is 9.68. The van der Waals surface area contributed by atoms with E-state index in [1.165, 1.54) is 37.1 Å². The van der Waals surface area contributed by atoms with E-state index >= 15 is 0 Å². The molecule has 2 aromatic heterocycles. The lowest BCUT2D eigenvalue weighted by Crippen LogP contribution is -2.43. The van der Waals surface area contributed by atoms with Crippen molar-refractivity contribution in [2.75, 3.05) is 34.5 Å². The molecule has 2 saturated carbocycles. The maximum absolute atomic E-state index is 6.16. The standard InChI is InChI=1S/C30H44N10/c1-19(27-34-24-8-4-5-9-25(24)35-27)20-14-16-39(17-15-20)38-28-26-29(40(18-32-26)23-6-2-3-7-23)37-30(36-28)33-22-12-10-21(31)11-13-22/h4-5,8-9,18-23,27,34-35H,2-3,6-7,10-17,31H2,1H3,(H2,33,36,37,38). The van der Waals surface area contributed by atoms with E-state index in [0.717, 1.165) is 68.6 Å². The number of nitrogens with two attached hydrogens (primary N) is 1. The van der Waals surface area contributed by atoms with Crippen LogP contribution in [-0.2, 0) is 0 Å². The van der Waals surface area contributed by atoms with Crippen LogP contribution in [0.3, 0.4) is 0 Å². The van der Waals surface area contributed by atoms with Gasteiger partial charge >= 0.3 is 0 Å². The summed E-state index contributed by atoms with van der Waals surface area (Å²) in [5.41, 5.74) is 14.1. The van der Waals surface area contributed by atoms with E-state index in [1.807, 2.05) is 6.33 Å². The number of benzene rings is 1. The molecule has 0 bridgehead atoms. The molecular weight excluding hydrogens is 500 g/mol. The maximum atomic E-state index is 6.16. The molecule has 4 aliphatic rings. The second kappa shape index (κ2) is 11.0. The number of aromatic nitrogens is 4. The monoisotopic (exact) mass is 544 g/mol. The molecule has 1 aromatic carbocycles. The molecule has 1 saturated heterocycles. The number of anilines is 4. The zero-order chi connectivity index (χ0) is 27.1. The first-order valence-electron chi connectivity index (χ1n) is 15.5. The van der Waals surface area contributed by atoms with Crippen molar-refractivity contribution in [2.45, 2.75) is 95.4 Å². The van der Waals surface area contributed by atoms with Crippen molar-refractivity contribution in [2.24, 2.45) is 17.6 Å². The summed E-state index contributed by atoms with van der Waals surface area (Å²) in [6.45, 7) is 4.34. The highest BCUT2D eigenvalue weighted by Gasteiger charge is 2.33. The number of hydrogen-bond donors (Lipinski definition) is 5. The third-order valence-electron chi connectivity index (χ3n) is 9.87. The Morgan fingerprint density at radius 2 is 1.62 bits per heavy atom. The quantitative estimate of drug-likeness (QED) is 0.274. The fourth-order valence-electron chi connectivity index (χ4n) is 7.28. The van der Waals surface area contributed by atoms with Crippen LogP contribution in [0.25, 0.3) is 11.2 Å². The van der Waals surface area contributed by atoms with Gasteiger partial charge in [-0.15, -0.1) is 0 Å². The smallest absolute Gasteiger partial charge is 0.227 e. The van der Waals surface area contributed by atoms with Crippen molar-refractivity contribution < 1.29 is 0 Å². The number of hydrazine groups is 1. The molecule has 214 valence electrons. The minimum absolute atomic E-state index is 0.283. The Morgan fingerprint density at radius 1 is 0.925 bits per heavy atom. The topological polar surface area (TPSA) is 121 Å². The maximum Gasteiger partial charge on any atom is 0.227 e. The SMILES string of the molecule is CC(C1CCN(Nc2nc(NC3CCC(N)CC3)nc3c2ncn3C2CCCC2)CC1)C1Nc2ccccc2N1. The molecular formula is C30H44N10. The molecule has 0 spiro atoms. The first-order valence-corrected chi connectivity index (χ1v) is 15.5. The van der Waals surface area contributed by atoms with Gasteiger partial charge < -0.3 is 31.7 Å². The van der Waals surface area contributed by atoms with Crippen molar-refractivity contribution in [3.8, 4) is 0 Å². The predicted octanol–water partition coefficient (Wildman–Crippen LogP) is 5.16. The van der Waals surface area contributed by atoms with Crippen LogP contribution in [0, 0.1) is 11.8 Å². The summed E-state index contributed by atoms with van der Waals surface area (Å²) in [5.74, 6) is 2.70. The zero-order valence-corrected chi connectivity index (χ0v) is 23.6. The molecule has 1 unspecified atom stereocenters. The lowest BCUT2D eigenvalue weighted by atomic mass is 9.84. The minimum Gasteiger partial charge on any atom is -0.363 e. The van der Waals surface area contributed by atoms with Gasteiger partial charge in [-0.25, -0.2) is 9.99 Å². The van der Waals surface area contributed by atoms with Gasteiger partial charge in [0, 0.05) is 31.2 Å². The molecule has 4 heterocycles. The average Bonchev–Trinajstić information content (AvgIpc) is 3.74. The van der Waals surface area contributed by atoms with Crippen LogP contribution >= 0.6 is 0 Å². The summed E-state index contributed by atoms with van der Waals surface area (Å²) >= 11 is 0. The molecule has 7 rings (SSSR count). The molecule has 1 atom stereocenters. The number of hydrogen-bond acceptors (Lipinski definition) is 9.